The molecule has 166 valence electrons. The molecule has 2 aromatic carbocycles. The summed E-state index contributed by atoms with van der Waals surface area (Å²) in [7, 11) is 1.64. The van der Waals surface area contributed by atoms with Gasteiger partial charge in [-0.15, -0.1) is 0 Å². The predicted octanol–water partition coefficient (Wildman–Crippen LogP) is 4.42. The molecule has 1 aromatic heterocycles. The molecule has 1 spiro atoms. The van der Waals surface area contributed by atoms with Crippen molar-refractivity contribution in [3.05, 3.63) is 64.8 Å². The van der Waals surface area contributed by atoms with Crippen LogP contribution in [-0.2, 0) is 4.79 Å². The number of aryl methyl sites for hydroxylation is 2. The van der Waals surface area contributed by atoms with Crippen LogP contribution in [0, 0.1) is 13.8 Å². The van der Waals surface area contributed by atoms with Crippen molar-refractivity contribution in [2.24, 2.45) is 0 Å². The fourth-order valence-corrected chi connectivity index (χ4v) is 5.54. The van der Waals surface area contributed by atoms with Gasteiger partial charge in [0.1, 0.15) is 5.75 Å². The molecule has 2 N–H and O–H groups in total. The van der Waals surface area contributed by atoms with Gasteiger partial charge in [0.25, 0.3) is 5.91 Å². The number of hydrogen-bond donors (Lipinski definition) is 2. The van der Waals surface area contributed by atoms with Crippen LogP contribution in [0.3, 0.4) is 0 Å². The molecule has 3 heterocycles. The third-order valence-corrected chi connectivity index (χ3v) is 7.29. The van der Waals surface area contributed by atoms with Gasteiger partial charge in [-0.05, 0) is 68.5 Å². The number of piperidine rings is 1. The summed E-state index contributed by atoms with van der Waals surface area (Å²) < 4.78 is 5.33. The average Bonchev–Trinajstić information content (AvgIpc) is 3.31. The zero-order valence-corrected chi connectivity index (χ0v) is 18.8. The molecule has 2 fully saturated rings. The van der Waals surface area contributed by atoms with Crippen LogP contribution in [-0.4, -0.2) is 40.9 Å². The van der Waals surface area contributed by atoms with Crippen molar-refractivity contribution >= 4 is 22.7 Å². The number of nitrogens with zero attached hydrogens (tertiary/aromatic N) is 1. The molecule has 0 bridgehead atoms. The minimum absolute atomic E-state index is 0.00199. The molecule has 0 unspecified atom stereocenters. The van der Waals surface area contributed by atoms with E-state index in [-0.39, 0.29) is 17.9 Å². The van der Waals surface area contributed by atoms with E-state index in [1.807, 2.05) is 54.3 Å². The largest absolute Gasteiger partial charge is 0.497 e. The maximum absolute atomic E-state index is 13.8. The maximum atomic E-state index is 13.8. The van der Waals surface area contributed by atoms with Crippen molar-refractivity contribution in [3.8, 4) is 5.75 Å². The van der Waals surface area contributed by atoms with Crippen LogP contribution < -0.4 is 10.1 Å². The highest BCUT2D eigenvalue weighted by atomic mass is 16.5. The molecule has 2 atom stereocenters. The zero-order chi connectivity index (χ0) is 22.5. The molecule has 5 rings (SSSR count). The van der Waals surface area contributed by atoms with Crippen molar-refractivity contribution in [3.63, 3.8) is 0 Å². The molecule has 2 aliphatic heterocycles. The van der Waals surface area contributed by atoms with Gasteiger partial charge in [0.05, 0.1) is 18.7 Å². The molecule has 6 heteroatoms. The second-order valence-electron chi connectivity index (χ2n) is 9.12. The highest BCUT2D eigenvalue weighted by Crippen LogP contribution is 2.45. The van der Waals surface area contributed by atoms with E-state index in [0.717, 1.165) is 47.2 Å². The first-order valence-corrected chi connectivity index (χ1v) is 11.3. The third kappa shape index (κ3) is 3.25. The average molecular weight is 432 g/mol. The Balaban J connectivity index is 1.56. The van der Waals surface area contributed by atoms with Crippen LogP contribution in [0.25, 0.3) is 10.9 Å². The normalized spacial score (nSPS) is 23.0. The summed E-state index contributed by atoms with van der Waals surface area (Å²) in [5.74, 6) is 0.837. The number of H-pyrrole nitrogens is 1. The minimum atomic E-state index is -0.427. The number of carbonyl (C=O) groups excluding carboxylic acids is 2. The smallest absolute Gasteiger partial charge is 0.254 e. The topological polar surface area (TPSA) is 74.4 Å². The third-order valence-electron chi connectivity index (χ3n) is 7.29. The van der Waals surface area contributed by atoms with E-state index in [4.69, 9.17) is 4.74 Å². The fourth-order valence-electron chi connectivity index (χ4n) is 5.54. The van der Waals surface area contributed by atoms with Crippen LogP contribution >= 0.6 is 0 Å². The molecule has 6 nitrogen and oxygen atoms in total. The van der Waals surface area contributed by atoms with Crippen LogP contribution in [0.2, 0.25) is 0 Å². The van der Waals surface area contributed by atoms with Gasteiger partial charge >= 0.3 is 0 Å². The van der Waals surface area contributed by atoms with Gasteiger partial charge in [0.2, 0.25) is 5.91 Å². The first-order valence-electron chi connectivity index (χ1n) is 11.3. The van der Waals surface area contributed by atoms with Crippen LogP contribution in [0.1, 0.15) is 58.9 Å². The van der Waals surface area contributed by atoms with Crippen molar-refractivity contribution < 1.29 is 14.3 Å². The maximum Gasteiger partial charge on any atom is 0.254 e. The Morgan fingerprint density at radius 2 is 1.91 bits per heavy atom. The summed E-state index contributed by atoms with van der Waals surface area (Å²) in [4.78, 5) is 31.5. The van der Waals surface area contributed by atoms with E-state index in [2.05, 4.69) is 17.2 Å². The molecule has 2 amide bonds. The number of benzene rings is 2. The van der Waals surface area contributed by atoms with Crippen LogP contribution in [0.4, 0.5) is 0 Å². The second kappa shape index (κ2) is 7.69. The summed E-state index contributed by atoms with van der Waals surface area (Å²) in [5, 5.41) is 4.40. The Morgan fingerprint density at radius 3 is 2.59 bits per heavy atom. The Labute approximate surface area is 187 Å². The Hall–Kier alpha value is -3.28. The van der Waals surface area contributed by atoms with E-state index >= 15 is 0 Å². The first-order chi connectivity index (χ1) is 15.4. The van der Waals surface area contributed by atoms with E-state index in [9.17, 15) is 9.59 Å². The summed E-state index contributed by atoms with van der Waals surface area (Å²) in [6.07, 6.45) is 2.97. The number of ether oxygens (including phenoxy) is 1. The summed E-state index contributed by atoms with van der Waals surface area (Å²) in [6, 6.07) is 13.6. The lowest BCUT2D eigenvalue weighted by molar-refractivity contribution is -0.120. The fraction of sp³-hybridized carbons (Fsp3) is 0.385. The standard InChI is InChI=1S/C26H29N3O3/c1-16-17(2)27-22-15-19(7-10-21(16)22)25(31)29-14-4-12-26(13-11-23(30)28-26)24(29)18-5-8-20(32-3)9-6-18/h5-10,15,24,27H,4,11-14H2,1-3H3,(H,28,30)/t24-,26+/m1/s1. The number of fused-ring (bicyclic) bond motifs is 1. The van der Waals surface area contributed by atoms with Crippen molar-refractivity contribution in [2.75, 3.05) is 13.7 Å². The zero-order valence-electron chi connectivity index (χ0n) is 18.8. The molecule has 0 radical (unpaired) electrons. The highest BCUT2D eigenvalue weighted by molar-refractivity contribution is 5.99. The lowest BCUT2D eigenvalue weighted by Gasteiger charge is -2.48. The monoisotopic (exact) mass is 431 g/mol. The quantitative estimate of drug-likeness (QED) is 0.645. The van der Waals surface area contributed by atoms with Gasteiger partial charge < -0.3 is 19.9 Å². The molecular weight excluding hydrogens is 402 g/mol. The molecule has 32 heavy (non-hydrogen) atoms. The number of likely N-dealkylation sites (tertiary alicyclic amines) is 1. The number of aromatic nitrogens is 1. The molecular formula is C26H29N3O3. The number of carbonyl (C=O) groups is 2. The number of nitrogens with one attached hydrogen (secondary N) is 2. The van der Waals surface area contributed by atoms with Gasteiger partial charge in [0, 0.05) is 35.1 Å². The van der Waals surface area contributed by atoms with Gasteiger partial charge in [0.15, 0.2) is 0 Å². The van der Waals surface area contributed by atoms with Gasteiger partial charge in [-0.3, -0.25) is 9.59 Å². The van der Waals surface area contributed by atoms with E-state index in [0.29, 0.717) is 18.5 Å². The van der Waals surface area contributed by atoms with Crippen molar-refractivity contribution in [1.29, 1.82) is 0 Å². The van der Waals surface area contributed by atoms with Crippen molar-refractivity contribution in [1.82, 2.24) is 15.2 Å². The van der Waals surface area contributed by atoms with E-state index in [1.165, 1.54) is 5.56 Å². The molecule has 0 aliphatic carbocycles. The van der Waals surface area contributed by atoms with E-state index < -0.39 is 5.54 Å². The minimum Gasteiger partial charge on any atom is -0.497 e. The Morgan fingerprint density at radius 1 is 1.12 bits per heavy atom. The summed E-state index contributed by atoms with van der Waals surface area (Å²) in [6.45, 7) is 4.80. The second-order valence-corrected chi connectivity index (χ2v) is 9.12. The summed E-state index contributed by atoms with van der Waals surface area (Å²) in [5.41, 5.74) is 4.57. The predicted molar refractivity (Wildman–Crippen MR) is 124 cm³/mol. The van der Waals surface area contributed by atoms with Crippen molar-refractivity contribution in [2.45, 2.75) is 51.1 Å². The molecule has 2 aliphatic rings. The SMILES string of the molecule is COc1ccc([C@H]2N(C(=O)c3ccc4c(C)c(C)[nH]c4c3)CCC[C@]23CCC(=O)N3)cc1. The van der Waals surface area contributed by atoms with Gasteiger partial charge in [-0.2, -0.15) is 0 Å². The number of amides is 2. The van der Waals surface area contributed by atoms with Crippen LogP contribution in [0.5, 0.6) is 5.75 Å². The lowest BCUT2D eigenvalue weighted by atomic mass is 9.76. The lowest BCUT2D eigenvalue weighted by Crippen LogP contribution is -2.58. The number of rotatable bonds is 3. The number of hydrogen-bond acceptors (Lipinski definition) is 3. The summed E-state index contributed by atoms with van der Waals surface area (Å²) >= 11 is 0. The van der Waals surface area contributed by atoms with Gasteiger partial charge in [-0.25, -0.2) is 0 Å². The van der Waals surface area contributed by atoms with E-state index in [1.54, 1.807) is 7.11 Å². The number of aromatic amines is 1. The molecule has 0 saturated carbocycles. The molecule has 3 aromatic rings. The first kappa shape index (κ1) is 20.6. The van der Waals surface area contributed by atoms with Gasteiger partial charge in [-0.1, -0.05) is 18.2 Å². The van der Waals surface area contributed by atoms with Crippen LogP contribution in [0.15, 0.2) is 42.5 Å². The highest BCUT2D eigenvalue weighted by Gasteiger charge is 2.50. The Kier molecular flexibility index (Phi) is 4.96. The Bertz CT molecular complexity index is 1200. The number of methoxy groups -OCH3 is 1. The molecule has 2 saturated heterocycles.